The van der Waals surface area contributed by atoms with E-state index in [1.807, 2.05) is 31.2 Å². The number of nitrogens with one attached hydrogen (secondary N) is 1. The van der Waals surface area contributed by atoms with Crippen molar-refractivity contribution >= 4 is 17.2 Å². The molecule has 3 rings (SSSR count). The van der Waals surface area contributed by atoms with E-state index in [0.717, 1.165) is 11.3 Å². The maximum atomic E-state index is 4.34. The van der Waals surface area contributed by atoms with Crippen molar-refractivity contribution in [3.8, 4) is 0 Å². The van der Waals surface area contributed by atoms with Gasteiger partial charge in [-0.3, -0.25) is 5.43 Å². The van der Waals surface area contributed by atoms with Gasteiger partial charge in [0.25, 0.3) is 0 Å². The summed E-state index contributed by atoms with van der Waals surface area (Å²) in [5, 5.41) is 16.3. The average molecular weight is 266 g/mol. The van der Waals surface area contributed by atoms with E-state index in [4.69, 9.17) is 0 Å². The van der Waals surface area contributed by atoms with Gasteiger partial charge in [0.2, 0.25) is 0 Å². The Labute approximate surface area is 116 Å². The Morgan fingerprint density at radius 2 is 1.95 bits per heavy atom. The van der Waals surface area contributed by atoms with Crippen molar-refractivity contribution < 1.29 is 0 Å². The number of nitrogens with zero attached hydrogens (tertiary/aromatic N) is 5. The summed E-state index contributed by atoms with van der Waals surface area (Å²) in [5.41, 5.74) is 6.85. The molecule has 0 atom stereocenters. The maximum Gasteiger partial charge on any atom is 0.177 e. The van der Waals surface area contributed by atoms with Crippen LogP contribution in [0.4, 0.5) is 5.82 Å². The number of hydrazone groups is 1. The average Bonchev–Trinajstić information content (AvgIpc) is 2.93. The van der Waals surface area contributed by atoms with E-state index in [1.54, 1.807) is 10.8 Å². The Morgan fingerprint density at radius 3 is 2.75 bits per heavy atom. The van der Waals surface area contributed by atoms with E-state index in [1.165, 1.54) is 5.56 Å². The van der Waals surface area contributed by atoms with Gasteiger partial charge in [0.05, 0.1) is 5.71 Å². The van der Waals surface area contributed by atoms with E-state index in [0.29, 0.717) is 11.5 Å². The minimum Gasteiger partial charge on any atom is -0.260 e. The monoisotopic (exact) mass is 266 g/mol. The second-order valence-corrected chi connectivity index (χ2v) is 4.53. The number of hydrogen-bond donors (Lipinski definition) is 1. The molecule has 1 aromatic carbocycles. The van der Waals surface area contributed by atoms with Gasteiger partial charge in [-0.15, -0.1) is 15.3 Å². The molecule has 0 unspecified atom stereocenters. The molecular formula is C14H14N6. The lowest BCUT2D eigenvalue weighted by molar-refractivity contribution is 0.924. The summed E-state index contributed by atoms with van der Waals surface area (Å²) >= 11 is 0. The van der Waals surface area contributed by atoms with Crippen LogP contribution >= 0.6 is 0 Å². The Balaban J connectivity index is 1.80. The molecule has 100 valence electrons. The van der Waals surface area contributed by atoms with Crippen LogP contribution in [0.3, 0.4) is 0 Å². The number of anilines is 1. The lowest BCUT2D eigenvalue weighted by atomic mass is 10.1. The highest BCUT2D eigenvalue weighted by molar-refractivity contribution is 5.99. The van der Waals surface area contributed by atoms with E-state index in [2.05, 4.69) is 44.9 Å². The zero-order valence-electron chi connectivity index (χ0n) is 11.3. The fraction of sp³-hybridized carbons (Fsp3) is 0.143. The van der Waals surface area contributed by atoms with Crippen molar-refractivity contribution in [1.82, 2.24) is 19.8 Å². The molecule has 20 heavy (non-hydrogen) atoms. The zero-order valence-corrected chi connectivity index (χ0v) is 11.3. The molecule has 0 saturated heterocycles. The molecule has 0 saturated carbocycles. The number of hydrogen-bond acceptors (Lipinski definition) is 5. The molecule has 1 N–H and O–H groups in total. The minimum absolute atomic E-state index is 0.642. The van der Waals surface area contributed by atoms with Crippen molar-refractivity contribution in [3.05, 3.63) is 53.9 Å². The molecule has 0 spiro atoms. The van der Waals surface area contributed by atoms with Crippen LogP contribution in [-0.4, -0.2) is 25.5 Å². The predicted octanol–water partition coefficient (Wildman–Crippen LogP) is 2.27. The molecule has 0 bridgehead atoms. The normalized spacial score (nSPS) is 11.8. The Kier molecular flexibility index (Phi) is 3.12. The van der Waals surface area contributed by atoms with Crippen LogP contribution in [0.5, 0.6) is 0 Å². The van der Waals surface area contributed by atoms with Crippen LogP contribution in [0.2, 0.25) is 0 Å². The first-order chi connectivity index (χ1) is 9.72. The third-order valence-corrected chi connectivity index (χ3v) is 2.97. The first kappa shape index (κ1) is 12.3. The van der Waals surface area contributed by atoms with Gasteiger partial charge in [0.1, 0.15) is 6.33 Å². The fourth-order valence-electron chi connectivity index (χ4n) is 1.79. The number of benzene rings is 1. The van der Waals surface area contributed by atoms with Gasteiger partial charge in [-0.2, -0.15) is 9.62 Å². The first-order valence-corrected chi connectivity index (χ1v) is 6.27. The van der Waals surface area contributed by atoms with Gasteiger partial charge < -0.3 is 0 Å². The molecule has 6 heteroatoms. The van der Waals surface area contributed by atoms with E-state index >= 15 is 0 Å². The fourth-order valence-corrected chi connectivity index (χ4v) is 1.79. The van der Waals surface area contributed by atoms with Crippen LogP contribution in [0.15, 0.2) is 47.8 Å². The third kappa shape index (κ3) is 2.49. The zero-order chi connectivity index (χ0) is 13.9. The van der Waals surface area contributed by atoms with Crippen LogP contribution in [0.25, 0.3) is 5.65 Å². The van der Waals surface area contributed by atoms with Crippen LogP contribution in [-0.2, 0) is 0 Å². The second-order valence-electron chi connectivity index (χ2n) is 4.53. The molecule has 0 aliphatic heterocycles. The van der Waals surface area contributed by atoms with Crippen LogP contribution in [0, 0.1) is 6.92 Å². The SMILES string of the molecule is C/C(=N\Nc1ccc2nncn2n1)c1ccc(C)cc1. The van der Waals surface area contributed by atoms with Gasteiger partial charge in [0, 0.05) is 0 Å². The number of fused-ring (bicyclic) bond motifs is 1. The third-order valence-electron chi connectivity index (χ3n) is 2.97. The van der Waals surface area contributed by atoms with Crippen LogP contribution < -0.4 is 5.43 Å². The van der Waals surface area contributed by atoms with E-state index < -0.39 is 0 Å². The summed E-state index contributed by atoms with van der Waals surface area (Å²) in [6.45, 7) is 4.02. The van der Waals surface area contributed by atoms with Crippen molar-refractivity contribution in [2.45, 2.75) is 13.8 Å². The second kappa shape index (κ2) is 5.08. The highest BCUT2D eigenvalue weighted by atomic mass is 15.4. The van der Waals surface area contributed by atoms with Gasteiger partial charge in [-0.05, 0) is 31.5 Å². The summed E-state index contributed by atoms with van der Waals surface area (Å²) in [6, 6.07) is 11.9. The Morgan fingerprint density at radius 1 is 1.15 bits per heavy atom. The first-order valence-electron chi connectivity index (χ1n) is 6.27. The summed E-state index contributed by atoms with van der Waals surface area (Å²) in [4.78, 5) is 0. The van der Waals surface area contributed by atoms with Crippen molar-refractivity contribution in [3.63, 3.8) is 0 Å². The molecule has 0 fully saturated rings. The lowest BCUT2D eigenvalue weighted by Crippen LogP contribution is -2.02. The molecule has 2 heterocycles. The van der Waals surface area contributed by atoms with E-state index in [-0.39, 0.29) is 0 Å². The largest absolute Gasteiger partial charge is 0.260 e. The van der Waals surface area contributed by atoms with Crippen molar-refractivity contribution in [1.29, 1.82) is 0 Å². The number of aromatic nitrogens is 4. The van der Waals surface area contributed by atoms with Gasteiger partial charge in [-0.1, -0.05) is 29.8 Å². The number of aryl methyl sites for hydroxylation is 1. The molecule has 2 aromatic heterocycles. The molecule has 6 nitrogen and oxygen atoms in total. The molecular weight excluding hydrogens is 252 g/mol. The van der Waals surface area contributed by atoms with Crippen molar-refractivity contribution in [2.75, 3.05) is 5.43 Å². The van der Waals surface area contributed by atoms with Gasteiger partial charge in [0.15, 0.2) is 11.5 Å². The van der Waals surface area contributed by atoms with E-state index in [9.17, 15) is 0 Å². The topological polar surface area (TPSA) is 67.5 Å². The quantitative estimate of drug-likeness (QED) is 0.583. The molecule has 0 radical (unpaired) electrons. The van der Waals surface area contributed by atoms with Crippen molar-refractivity contribution in [2.24, 2.45) is 5.10 Å². The standard InChI is InChI=1S/C14H14N6/c1-10-3-5-12(6-4-10)11(2)16-17-13-7-8-14-18-15-9-20(14)19-13/h3-9H,1-2H3,(H,17,19)/b16-11+. The highest BCUT2D eigenvalue weighted by Gasteiger charge is 2.00. The Hall–Kier alpha value is -2.76. The van der Waals surface area contributed by atoms with Gasteiger partial charge in [-0.25, -0.2) is 0 Å². The molecule has 0 aliphatic rings. The summed E-state index contributed by atoms with van der Waals surface area (Å²) < 4.78 is 1.60. The lowest BCUT2D eigenvalue weighted by Gasteiger charge is -2.03. The highest BCUT2D eigenvalue weighted by Crippen LogP contribution is 2.07. The maximum absolute atomic E-state index is 4.34. The summed E-state index contributed by atoms with van der Waals surface area (Å²) in [5.74, 6) is 0.642. The smallest absolute Gasteiger partial charge is 0.177 e. The Bertz CT molecular complexity index is 757. The minimum atomic E-state index is 0.642. The van der Waals surface area contributed by atoms with Crippen LogP contribution in [0.1, 0.15) is 18.1 Å². The molecule has 0 aliphatic carbocycles. The predicted molar refractivity (Wildman–Crippen MR) is 77.8 cm³/mol. The number of rotatable bonds is 3. The molecule has 3 aromatic rings. The van der Waals surface area contributed by atoms with Gasteiger partial charge >= 0.3 is 0 Å². The molecule has 0 amide bonds. The summed E-state index contributed by atoms with van der Waals surface area (Å²) in [7, 11) is 0. The summed E-state index contributed by atoms with van der Waals surface area (Å²) in [6.07, 6.45) is 1.55.